The SMILES string of the molecule is C=CCN(CC(=O)OCC)C(=O)C1(c2ccccc2)CC1. The van der Waals surface area contributed by atoms with Gasteiger partial charge in [0.1, 0.15) is 6.54 Å². The van der Waals surface area contributed by atoms with Gasteiger partial charge < -0.3 is 9.64 Å². The van der Waals surface area contributed by atoms with Crippen LogP contribution in [0.5, 0.6) is 0 Å². The second-order valence-corrected chi connectivity index (χ2v) is 5.23. The third kappa shape index (κ3) is 3.32. The van der Waals surface area contributed by atoms with Crippen LogP contribution in [-0.2, 0) is 19.7 Å². The number of rotatable bonds is 7. The lowest BCUT2D eigenvalue weighted by Gasteiger charge is -2.25. The number of hydrogen-bond donors (Lipinski definition) is 0. The highest BCUT2D eigenvalue weighted by atomic mass is 16.5. The predicted molar refractivity (Wildman–Crippen MR) is 80.8 cm³/mol. The molecule has 0 unspecified atom stereocenters. The van der Waals surface area contributed by atoms with Gasteiger partial charge in [-0.2, -0.15) is 0 Å². The van der Waals surface area contributed by atoms with E-state index in [1.54, 1.807) is 13.0 Å². The molecule has 1 aromatic rings. The van der Waals surface area contributed by atoms with Crippen LogP contribution in [0, 0.1) is 0 Å². The summed E-state index contributed by atoms with van der Waals surface area (Å²) >= 11 is 0. The van der Waals surface area contributed by atoms with Crippen molar-refractivity contribution in [3.63, 3.8) is 0 Å². The van der Waals surface area contributed by atoms with E-state index in [-0.39, 0.29) is 18.4 Å². The van der Waals surface area contributed by atoms with Gasteiger partial charge >= 0.3 is 5.97 Å². The summed E-state index contributed by atoms with van der Waals surface area (Å²) < 4.78 is 4.94. The molecule has 4 nitrogen and oxygen atoms in total. The first-order valence-electron chi connectivity index (χ1n) is 7.25. The van der Waals surface area contributed by atoms with Gasteiger partial charge in [0.05, 0.1) is 12.0 Å². The number of benzene rings is 1. The Hall–Kier alpha value is -2.10. The van der Waals surface area contributed by atoms with Gasteiger partial charge in [0.25, 0.3) is 0 Å². The molecule has 0 aromatic heterocycles. The minimum atomic E-state index is -0.462. The van der Waals surface area contributed by atoms with E-state index in [1.807, 2.05) is 30.3 Å². The van der Waals surface area contributed by atoms with Crippen molar-refractivity contribution < 1.29 is 14.3 Å². The Labute approximate surface area is 125 Å². The molecule has 1 amide bonds. The average Bonchev–Trinajstić information content (AvgIpc) is 3.29. The molecule has 4 heteroatoms. The highest BCUT2D eigenvalue weighted by Gasteiger charge is 2.52. The van der Waals surface area contributed by atoms with Crippen LogP contribution in [-0.4, -0.2) is 36.5 Å². The number of esters is 1. The average molecular weight is 287 g/mol. The molecule has 21 heavy (non-hydrogen) atoms. The maximum Gasteiger partial charge on any atom is 0.325 e. The summed E-state index contributed by atoms with van der Waals surface area (Å²) in [4.78, 5) is 26.0. The summed E-state index contributed by atoms with van der Waals surface area (Å²) in [5.41, 5.74) is 0.560. The van der Waals surface area contributed by atoms with Crippen molar-refractivity contribution in [1.82, 2.24) is 4.90 Å². The zero-order valence-electron chi connectivity index (χ0n) is 12.4. The molecule has 1 aliphatic carbocycles. The number of ether oxygens (including phenoxy) is 1. The number of hydrogen-bond acceptors (Lipinski definition) is 3. The lowest BCUT2D eigenvalue weighted by atomic mass is 9.94. The molecule has 2 rings (SSSR count). The third-order valence-corrected chi connectivity index (χ3v) is 3.75. The standard InChI is InChI=1S/C17H21NO3/c1-3-12-18(13-15(19)21-4-2)16(20)17(10-11-17)14-8-6-5-7-9-14/h3,5-9H,1,4,10-13H2,2H3. The van der Waals surface area contributed by atoms with Gasteiger partial charge in [-0.05, 0) is 25.3 Å². The molecule has 0 bridgehead atoms. The first-order valence-corrected chi connectivity index (χ1v) is 7.25. The number of nitrogens with zero attached hydrogens (tertiary/aromatic N) is 1. The highest BCUT2D eigenvalue weighted by molar-refractivity contribution is 5.93. The largest absolute Gasteiger partial charge is 0.465 e. The lowest BCUT2D eigenvalue weighted by Crippen LogP contribution is -2.42. The van der Waals surface area contributed by atoms with Crippen LogP contribution in [0.2, 0.25) is 0 Å². The van der Waals surface area contributed by atoms with E-state index in [2.05, 4.69) is 6.58 Å². The Morgan fingerprint density at radius 3 is 2.52 bits per heavy atom. The predicted octanol–water partition coefficient (Wildman–Crippen LogP) is 2.30. The van der Waals surface area contributed by atoms with Gasteiger partial charge in [0.2, 0.25) is 5.91 Å². The second kappa shape index (κ2) is 6.57. The summed E-state index contributed by atoms with van der Waals surface area (Å²) in [5.74, 6) is -0.391. The first kappa shape index (κ1) is 15.3. The summed E-state index contributed by atoms with van der Waals surface area (Å²) in [6.07, 6.45) is 3.29. The van der Waals surface area contributed by atoms with Crippen molar-refractivity contribution in [1.29, 1.82) is 0 Å². The van der Waals surface area contributed by atoms with Gasteiger partial charge in [0.15, 0.2) is 0 Å². The molecule has 0 heterocycles. The van der Waals surface area contributed by atoms with Crippen LogP contribution in [0.4, 0.5) is 0 Å². The van der Waals surface area contributed by atoms with Gasteiger partial charge in [-0.25, -0.2) is 0 Å². The zero-order chi connectivity index (χ0) is 15.3. The number of carbonyl (C=O) groups is 2. The van der Waals surface area contributed by atoms with Crippen LogP contribution < -0.4 is 0 Å². The summed E-state index contributed by atoms with van der Waals surface area (Å²) in [6.45, 7) is 6.07. The van der Waals surface area contributed by atoms with Crippen molar-refractivity contribution >= 4 is 11.9 Å². The Morgan fingerprint density at radius 1 is 1.33 bits per heavy atom. The van der Waals surface area contributed by atoms with Crippen molar-refractivity contribution in [2.45, 2.75) is 25.2 Å². The van der Waals surface area contributed by atoms with Crippen LogP contribution in [0.1, 0.15) is 25.3 Å². The molecule has 0 saturated heterocycles. The number of carbonyl (C=O) groups excluding carboxylic acids is 2. The second-order valence-electron chi connectivity index (χ2n) is 5.23. The molecule has 1 saturated carbocycles. The van der Waals surface area contributed by atoms with E-state index < -0.39 is 5.41 Å². The minimum Gasteiger partial charge on any atom is -0.465 e. The van der Waals surface area contributed by atoms with Gasteiger partial charge in [-0.1, -0.05) is 36.4 Å². The smallest absolute Gasteiger partial charge is 0.325 e. The Kier molecular flexibility index (Phi) is 4.78. The Morgan fingerprint density at radius 2 is 2.00 bits per heavy atom. The molecule has 0 atom stereocenters. The first-order chi connectivity index (χ1) is 10.1. The summed E-state index contributed by atoms with van der Waals surface area (Å²) in [6, 6.07) is 9.75. The molecule has 1 aliphatic rings. The molecule has 0 radical (unpaired) electrons. The normalized spacial score (nSPS) is 15.1. The van der Waals surface area contributed by atoms with E-state index in [4.69, 9.17) is 4.74 Å². The minimum absolute atomic E-state index is 0.0124. The van der Waals surface area contributed by atoms with Crippen molar-refractivity contribution in [3.8, 4) is 0 Å². The van der Waals surface area contributed by atoms with E-state index in [9.17, 15) is 9.59 Å². The van der Waals surface area contributed by atoms with Gasteiger partial charge in [-0.15, -0.1) is 6.58 Å². The van der Waals surface area contributed by atoms with Crippen LogP contribution in [0.15, 0.2) is 43.0 Å². The summed E-state index contributed by atoms with van der Waals surface area (Å²) in [5, 5.41) is 0. The quantitative estimate of drug-likeness (QED) is 0.571. The zero-order valence-corrected chi connectivity index (χ0v) is 12.4. The molecule has 1 aromatic carbocycles. The summed E-state index contributed by atoms with van der Waals surface area (Å²) in [7, 11) is 0. The van der Waals surface area contributed by atoms with Crippen LogP contribution in [0.3, 0.4) is 0 Å². The molecule has 0 N–H and O–H groups in total. The highest BCUT2D eigenvalue weighted by Crippen LogP contribution is 2.49. The van der Waals surface area contributed by atoms with Crippen LogP contribution >= 0.6 is 0 Å². The van der Waals surface area contributed by atoms with E-state index in [1.165, 1.54) is 4.90 Å². The fourth-order valence-corrected chi connectivity index (χ4v) is 2.55. The molecule has 0 aliphatic heterocycles. The Bertz CT molecular complexity index is 520. The maximum atomic E-state index is 12.8. The van der Waals surface area contributed by atoms with E-state index in [0.29, 0.717) is 13.2 Å². The molecular weight excluding hydrogens is 266 g/mol. The molecule has 112 valence electrons. The van der Waals surface area contributed by atoms with Gasteiger partial charge in [0, 0.05) is 6.54 Å². The van der Waals surface area contributed by atoms with Crippen molar-refractivity contribution in [3.05, 3.63) is 48.6 Å². The molecule has 1 fully saturated rings. The third-order valence-electron chi connectivity index (χ3n) is 3.75. The van der Waals surface area contributed by atoms with E-state index >= 15 is 0 Å². The van der Waals surface area contributed by atoms with Gasteiger partial charge in [-0.3, -0.25) is 9.59 Å². The lowest BCUT2D eigenvalue weighted by molar-refractivity contribution is -0.149. The maximum absolute atomic E-state index is 12.8. The fourth-order valence-electron chi connectivity index (χ4n) is 2.55. The molecule has 0 spiro atoms. The molecular formula is C17H21NO3. The number of amides is 1. The Balaban J connectivity index is 2.15. The monoisotopic (exact) mass is 287 g/mol. The topological polar surface area (TPSA) is 46.6 Å². The van der Waals surface area contributed by atoms with E-state index in [0.717, 1.165) is 18.4 Å². The van der Waals surface area contributed by atoms with Crippen molar-refractivity contribution in [2.75, 3.05) is 19.7 Å². The fraction of sp³-hybridized carbons (Fsp3) is 0.412. The van der Waals surface area contributed by atoms with Crippen molar-refractivity contribution in [2.24, 2.45) is 0 Å². The van der Waals surface area contributed by atoms with Crippen LogP contribution in [0.25, 0.3) is 0 Å².